The first kappa shape index (κ1) is 67.0. The molecule has 2 fully saturated rings. The fourth-order valence-corrected chi connectivity index (χ4v) is 12.8. The molecule has 2 aliphatic carbocycles. The molecule has 1 aliphatic heterocycles. The number of aliphatic carboxylic acids is 2. The number of hydrogen-bond acceptors (Lipinski definition) is 10. The van der Waals surface area contributed by atoms with E-state index in [0.29, 0.717) is 59.2 Å². The molecule has 2 saturated carbocycles. The third-order valence-electron chi connectivity index (χ3n) is 16.3. The van der Waals surface area contributed by atoms with Gasteiger partial charge >= 0.3 is 23.9 Å². The van der Waals surface area contributed by atoms with Crippen LogP contribution in [0.2, 0.25) is 0 Å². The van der Waals surface area contributed by atoms with Gasteiger partial charge in [0, 0.05) is 60.6 Å². The van der Waals surface area contributed by atoms with E-state index in [1.165, 1.54) is 0 Å². The second-order valence-electron chi connectivity index (χ2n) is 28.1. The van der Waals surface area contributed by atoms with Gasteiger partial charge in [-0.3, -0.25) is 19.2 Å². The zero-order valence-corrected chi connectivity index (χ0v) is 54.7. The van der Waals surface area contributed by atoms with Crippen LogP contribution in [0.4, 0.5) is 5.82 Å². The van der Waals surface area contributed by atoms with E-state index in [2.05, 4.69) is 108 Å². The van der Waals surface area contributed by atoms with Crippen molar-refractivity contribution < 1.29 is 67.9 Å². The number of aromatic nitrogens is 1. The maximum absolute atomic E-state index is 15.5. The number of nitrogens with one attached hydrogen (secondary N) is 2. The number of carbonyl (C=O) groups is 6. The number of carboxylic acids is 2. The number of esters is 2. The second kappa shape index (κ2) is 26.6. The number of carboxylic acid groups (broad SMARTS) is 2. The molecule has 2 amide bonds. The zero-order chi connectivity index (χ0) is 58.6. The molecule has 434 valence electrons. The molecule has 14 nitrogen and oxygen atoms in total. The molecule has 5 atom stereocenters. The zero-order valence-electron chi connectivity index (χ0n) is 50.9. The van der Waals surface area contributed by atoms with Crippen molar-refractivity contribution in [3.05, 3.63) is 64.0 Å². The summed E-state index contributed by atoms with van der Waals surface area (Å²) in [7, 11) is 0. The molecule has 3 aliphatic rings. The number of unbranched alkanes of at least 4 members (excludes halogenated alkanes) is 2. The van der Waals surface area contributed by atoms with Gasteiger partial charge in [-0.25, -0.2) is 14.6 Å². The maximum atomic E-state index is 15.5. The van der Waals surface area contributed by atoms with Crippen molar-refractivity contribution in [1.29, 1.82) is 0 Å². The first-order chi connectivity index (χ1) is 35.9. The number of rotatable bonds is 17. The summed E-state index contributed by atoms with van der Waals surface area (Å²) in [5.74, 6) is -2.90. The first-order valence-corrected chi connectivity index (χ1v) is 29.3. The van der Waals surface area contributed by atoms with Crippen LogP contribution in [0, 0.1) is 69.5 Å². The number of thioether (sulfide) groups is 1. The fraction of sp³-hybridized carbons (Fsp3) is 0.667. The fourth-order valence-electron chi connectivity index (χ4n) is 11.7. The molecule has 0 saturated heterocycles. The monoisotopic (exact) mass is 1160 g/mol. The first-order valence-electron chi connectivity index (χ1n) is 28.3. The van der Waals surface area contributed by atoms with Crippen LogP contribution in [0.25, 0.3) is 11.6 Å². The number of ether oxygens (including phenoxy) is 2. The van der Waals surface area contributed by atoms with Crippen molar-refractivity contribution in [2.24, 2.45) is 67.6 Å². The van der Waals surface area contributed by atoms with Gasteiger partial charge in [0.1, 0.15) is 34.8 Å². The standard InChI is InChI=1S/C63H94N4O10S.Zn/c1-35-29-39(59(4,5)6)51(40(30-35)60(7,8)9)76-56(73)48-37(3)43(64-53(48)67-58(75)63(16,17)18)33-44-49(38-25-21-19-22-26-38)50(57(74)77-52-41(61(10,11)12)31-36(2)32-42(52)62(13,14)15)54(65-44)66-46(68)27-23-20-24-28-78-45(55(71)72)34-47(69)70;/h19,21-22,25-26,33,35-36,39-42,45,51-52H,20,23-24,27-32,34H2,1-18H3,(H5,64,65,66,67,68,69,70,71,72,73,74,75);/p-1. The minimum absolute atomic E-state index is 0. The van der Waals surface area contributed by atoms with E-state index < -0.39 is 59.1 Å². The Balaban J connectivity index is 0.0000134. The summed E-state index contributed by atoms with van der Waals surface area (Å²) < 4.78 is 13.7. The summed E-state index contributed by atoms with van der Waals surface area (Å²) >= 11 is 1.07. The predicted octanol–water partition coefficient (Wildman–Crippen LogP) is 13.4. The van der Waals surface area contributed by atoms with Crippen LogP contribution in [0.1, 0.15) is 203 Å². The Kier molecular flexibility index (Phi) is 22.5. The van der Waals surface area contributed by atoms with Crippen molar-refractivity contribution in [1.82, 2.24) is 10.3 Å². The minimum Gasteiger partial charge on any atom is -0.481 e. The van der Waals surface area contributed by atoms with Gasteiger partial charge in [-0.2, -0.15) is 0 Å². The van der Waals surface area contributed by atoms with Crippen LogP contribution in [-0.4, -0.2) is 75.0 Å². The van der Waals surface area contributed by atoms with Crippen molar-refractivity contribution in [2.45, 2.75) is 200 Å². The Labute approximate surface area is 488 Å². The van der Waals surface area contributed by atoms with Gasteiger partial charge in [0.05, 0.1) is 17.7 Å². The number of amidine groups is 1. The normalized spacial score (nSPS) is 24.0. The van der Waals surface area contributed by atoms with E-state index in [4.69, 9.17) is 24.6 Å². The van der Waals surface area contributed by atoms with E-state index in [1.54, 1.807) is 33.8 Å². The Hall–Kier alpha value is -4.56. The molecule has 0 bridgehead atoms. The van der Waals surface area contributed by atoms with Crippen LogP contribution in [0.5, 0.6) is 0 Å². The largest absolute Gasteiger partial charge is 0.481 e. The average Bonchev–Trinajstić information content (AvgIpc) is 3.92. The van der Waals surface area contributed by atoms with Crippen molar-refractivity contribution in [3.63, 3.8) is 0 Å². The van der Waals surface area contributed by atoms with Crippen molar-refractivity contribution in [3.8, 4) is 0 Å². The number of allylic oxidation sites excluding steroid dienone is 1. The number of benzene rings is 1. The summed E-state index contributed by atoms with van der Waals surface area (Å²) in [6, 6.07) is 9.31. The minimum atomic E-state index is -1.18. The van der Waals surface area contributed by atoms with E-state index in [-0.39, 0.29) is 106 Å². The van der Waals surface area contributed by atoms with Crippen LogP contribution >= 0.6 is 11.8 Å². The van der Waals surface area contributed by atoms with E-state index >= 15 is 9.59 Å². The Bertz CT molecular complexity index is 2570. The van der Waals surface area contributed by atoms with Gasteiger partial charge in [0.2, 0.25) is 5.91 Å². The van der Waals surface area contributed by atoms with E-state index in [9.17, 15) is 24.3 Å². The third kappa shape index (κ3) is 17.5. The molecule has 1 aromatic heterocycles. The number of nitrogens with zero attached hydrogens (tertiary/aromatic N) is 2. The second-order valence-corrected chi connectivity index (χ2v) is 29.4. The molecular weight excluding hydrogens is 1070 g/mol. The average molecular weight is 1160 g/mol. The molecular formula is C63H93N4O10SZn-. The summed E-state index contributed by atoms with van der Waals surface area (Å²) in [4.78, 5) is 91.4. The van der Waals surface area contributed by atoms with Crippen LogP contribution in [-0.2, 0) is 52.9 Å². The molecule has 1 aromatic carbocycles. The van der Waals surface area contributed by atoms with E-state index in [1.807, 2.05) is 30.3 Å². The van der Waals surface area contributed by atoms with Crippen LogP contribution in [0.15, 0.2) is 46.6 Å². The third-order valence-corrected chi connectivity index (χ3v) is 17.6. The number of anilines is 1. The Morgan fingerprint density at radius 2 is 1.19 bits per heavy atom. The Morgan fingerprint density at radius 3 is 1.63 bits per heavy atom. The summed E-state index contributed by atoms with van der Waals surface area (Å²) in [5, 5.41) is 23.5. The van der Waals surface area contributed by atoms with Crippen LogP contribution in [0.3, 0.4) is 0 Å². The molecule has 0 spiro atoms. The quantitative estimate of drug-likeness (QED) is 0.0662. The van der Waals surface area contributed by atoms with Gasteiger partial charge in [0.15, 0.2) is 0 Å². The van der Waals surface area contributed by atoms with Crippen LogP contribution < -0.4 is 15.6 Å². The van der Waals surface area contributed by atoms with Gasteiger partial charge in [-0.05, 0) is 113 Å². The number of carbonyl (C=O) groups excluding carboxylic acids is 4. The van der Waals surface area contributed by atoms with Gasteiger partial charge in [0.25, 0.3) is 0 Å². The van der Waals surface area contributed by atoms with Gasteiger partial charge < -0.3 is 35.3 Å². The molecule has 4 N–H and O–H groups in total. The molecule has 2 heterocycles. The number of aliphatic imine (C=N–C) groups is 1. The predicted molar refractivity (Wildman–Crippen MR) is 312 cm³/mol. The molecule has 16 heteroatoms. The maximum Gasteiger partial charge on any atom is 0.342 e. The number of amides is 2. The van der Waals surface area contributed by atoms with Gasteiger partial charge in [-0.15, -0.1) is 11.8 Å². The molecule has 5 rings (SSSR count). The van der Waals surface area contributed by atoms with Gasteiger partial charge in [-0.1, -0.05) is 154 Å². The summed E-state index contributed by atoms with van der Waals surface area (Å²) in [5.41, 5.74) is 0.624. The van der Waals surface area contributed by atoms with Crippen molar-refractivity contribution >= 4 is 70.8 Å². The van der Waals surface area contributed by atoms with E-state index in [0.717, 1.165) is 37.4 Å². The summed E-state index contributed by atoms with van der Waals surface area (Å²) in [6.07, 6.45) is 5.44. The Morgan fingerprint density at radius 1 is 0.709 bits per heavy atom. The summed E-state index contributed by atoms with van der Waals surface area (Å²) in [6.45, 7) is 37.9. The molecule has 5 unspecified atom stereocenters. The smallest absolute Gasteiger partial charge is 0.342 e. The molecule has 79 heavy (non-hydrogen) atoms. The van der Waals surface area contributed by atoms with Crippen molar-refractivity contribution in [2.75, 3.05) is 11.1 Å². The SMILES string of the molecule is Cc1c(/C=C2\N=C(NC(=O)CCCCCSC(CC(=O)O)C(=O)O)C(C(=O)OC3C(C(C)(C)C)CC(C)CC3C(C)(C)C)=C2c2ccccc2)[n-]c(NC(=O)C(C)(C)C)c1C(=O)OC1C(C(C)(C)C)CC(C)CC1C(C)(C)C.[Zn]. The molecule has 2 aromatic rings. The number of hydrogen-bond donors (Lipinski definition) is 4. The topological polar surface area (TPSA) is 212 Å². The molecule has 0 radical (unpaired) electrons.